The van der Waals surface area contributed by atoms with E-state index in [0.717, 1.165) is 23.0 Å². The zero-order valence-corrected chi connectivity index (χ0v) is 16.5. The van der Waals surface area contributed by atoms with Gasteiger partial charge in [0.15, 0.2) is 0 Å². The highest BCUT2D eigenvalue weighted by atomic mass is 32.2. The van der Waals surface area contributed by atoms with E-state index in [0.29, 0.717) is 0 Å². The van der Waals surface area contributed by atoms with Crippen LogP contribution in [0.4, 0.5) is 5.69 Å². The van der Waals surface area contributed by atoms with Gasteiger partial charge in [-0.3, -0.25) is 4.72 Å². The number of carboxylic acids is 2. The first-order valence-electron chi connectivity index (χ1n) is 7.81. The predicted molar refractivity (Wildman–Crippen MR) is 104 cm³/mol. The summed E-state index contributed by atoms with van der Waals surface area (Å²) in [7, 11) is -4.13. The molecule has 0 amide bonds. The number of carboxylic acid groups (broad SMARTS) is 2. The van der Waals surface area contributed by atoms with E-state index < -0.39 is 22.0 Å². The minimum absolute atomic E-state index is 0.0411. The molecule has 27 heavy (non-hydrogen) atoms. The van der Waals surface area contributed by atoms with Crippen LogP contribution in [0.3, 0.4) is 0 Å². The van der Waals surface area contributed by atoms with Gasteiger partial charge in [0.1, 0.15) is 4.88 Å². The largest absolute Gasteiger partial charge is 0.478 e. The van der Waals surface area contributed by atoms with E-state index in [1.165, 1.54) is 23.6 Å². The van der Waals surface area contributed by atoms with Crippen molar-refractivity contribution in [1.82, 2.24) is 0 Å². The Labute approximate surface area is 161 Å². The van der Waals surface area contributed by atoms with Crippen LogP contribution in [0.2, 0.25) is 0 Å². The highest BCUT2D eigenvalue weighted by Gasteiger charge is 2.23. The van der Waals surface area contributed by atoms with Gasteiger partial charge in [-0.15, -0.1) is 11.3 Å². The summed E-state index contributed by atoms with van der Waals surface area (Å²) in [6.07, 6.45) is 2.06. The number of hydrogen-bond acceptors (Lipinski definition) is 5. The van der Waals surface area contributed by atoms with Crippen molar-refractivity contribution in [3.8, 4) is 0 Å². The molecule has 0 spiro atoms. The first-order valence-corrected chi connectivity index (χ1v) is 10.2. The van der Waals surface area contributed by atoms with Gasteiger partial charge in [-0.05, 0) is 46.2 Å². The molecule has 0 saturated carbocycles. The maximum atomic E-state index is 12.8. The van der Waals surface area contributed by atoms with Crippen LogP contribution in [0.15, 0.2) is 40.6 Å². The molecule has 0 unspecified atom stereocenters. The Morgan fingerprint density at radius 3 is 2.37 bits per heavy atom. The molecule has 0 bridgehead atoms. The highest BCUT2D eigenvalue weighted by Crippen LogP contribution is 2.30. The van der Waals surface area contributed by atoms with E-state index in [-0.39, 0.29) is 26.4 Å². The molecule has 0 radical (unpaired) electrons. The third-order valence-corrected chi connectivity index (χ3v) is 6.02. The normalized spacial score (nSPS) is 12.3. The van der Waals surface area contributed by atoms with Crippen molar-refractivity contribution in [3.63, 3.8) is 0 Å². The van der Waals surface area contributed by atoms with Crippen molar-refractivity contribution in [3.05, 3.63) is 51.7 Å². The number of nitrogens with one attached hydrogen (secondary N) is 1. The molecule has 0 saturated heterocycles. The molecule has 144 valence electrons. The minimum atomic E-state index is -4.13. The van der Waals surface area contributed by atoms with E-state index in [1.807, 2.05) is 20.8 Å². The molecule has 2 rings (SSSR count). The van der Waals surface area contributed by atoms with Crippen LogP contribution in [0.1, 0.15) is 41.6 Å². The molecule has 0 fully saturated rings. The summed E-state index contributed by atoms with van der Waals surface area (Å²) < 4.78 is 27.9. The molecular weight excluding hydrogens is 390 g/mol. The fourth-order valence-corrected chi connectivity index (χ4v) is 4.31. The van der Waals surface area contributed by atoms with Gasteiger partial charge in [0.05, 0.1) is 10.6 Å². The first kappa shape index (κ1) is 20.7. The average molecular weight is 409 g/mol. The second-order valence-corrected chi connectivity index (χ2v) is 9.32. The summed E-state index contributed by atoms with van der Waals surface area (Å²) in [5, 5.41) is 19.5. The van der Waals surface area contributed by atoms with Gasteiger partial charge in [-0.1, -0.05) is 26.8 Å². The van der Waals surface area contributed by atoms with Crippen LogP contribution >= 0.6 is 11.3 Å². The number of anilines is 1. The number of sulfonamides is 1. The second-order valence-electron chi connectivity index (χ2n) is 6.75. The van der Waals surface area contributed by atoms with E-state index in [1.54, 1.807) is 12.1 Å². The highest BCUT2D eigenvalue weighted by molar-refractivity contribution is 7.92. The van der Waals surface area contributed by atoms with Crippen molar-refractivity contribution >= 4 is 45.1 Å². The molecule has 0 aliphatic carbocycles. The molecule has 0 atom stereocenters. The lowest BCUT2D eigenvalue weighted by molar-refractivity contribution is -0.131. The topological polar surface area (TPSA) is 121 Å². The number of aliphatic carboxylic acids is 1. The van der Waals surface area contributed by atoms with E-state index >= 15 is 0 Å². The second kappa shape index (κ2) is 7.53. The average Bonchev–Trinajstić information content (AvgIpc) is 2.99. The van der Waals surface area contributed by atoms with Crippen LogP contribution in [0.5, 0.6) is 0 Å². The van der Waals surface area contributed by atoms with Crippen molar-refractivity contribution in [2.24, 2.45) is 0 Å². The Morgan fingerprint density at radius 1 is 1.15 bits per heavy atom. The van der Waals surface area contributed by atoms with Gasteiger partial charge >= 0.3 is 11.9 Å². The van der Waals surface area contributed by atoms with Crippen LogP contribution < -0.4 is 4.72 Å². The number of aromatic carboxylic acids is 1. The summed E-state index contributed by atoms with van der Waals surface area (Å²) >= 11 is 0.900. The molecule has 1 aromatic heterocycles. The Kier molecular flexibility index (Phi) is 5.76. The van der Waals surface area contributed by atoms with Gasteiger partial charge in [0.25, 0.3) is 10.0 Å². The molecule has 0 aliphatic rings. The molecular formula is C18H19NO6S2. The van der Waals surface area contributed by atoms with Crippen LogP contribution in [-0.4, -0.2) is 30.6 Å². The number of thiophene rings is 1. The maximum Gasteiger partial charge on any atom is 0.348 e. The molecule has 0 aliphatic heterocycles. The first-order chi connectivity index (χ1) is 12.4. The van der Waals surface area contributed by atoms with Gasteiger partial charge in [-0.25, -0.2) is 18.0 Å². The number of rotatable bonds is 6. The molecule has 1 heterocycles. The summed E-state index contributed by atoms with van der Waals surface area (Å²) in [6.45, 7) is 5.85. The zero-order chi connectivity index (χ0) is 20.4. The lowest BCUT2D eigenvalue weighted by Crippen LogP contribution is -2.17. The summed E-state index contributed by atoms with van der Waals surface area (Å²) in [5.74, 6) is -2.45. The fourth-order valence-electron chi connectivity index (χ4n) is 2.31. The smallest absolute Gasteiger partial charge is 0.348 e. The van der Waals surface area contributed by atoms with Crippen molar-refractivity contribution in [1.29, 1.82) is 0 Å². The summed E-state index contributed by atoms with van der Waals surface area (Å²) in [4.78, 5) is 21.8. The van der Waals surface area contributed by atoms with Crippen molar-refractivity contribution < 1.29 is 28.2 Å². The fraction of sp³-hybridized carbons (Fsp3) is 0.222. The van der Waals surface area contributed by atoms with Gasteiger partial charge in [0, 0.05) is 6.08 Å². The third-order valence-electron chi connectivity index (χ3n) is 3.67. The van der Waals surface area contributed by atoms with E-state index in [4.69, 9.17) is 10.2 Å². The molecule has 2 aromatic rings. The summed E-state index contributed by atoms with van der Waals surface area (Å²) in [6, 6.07) is 6.01. The van der Waals surface area contributed by atoms with Crippen LogP contribution in [-0.2, 0) is 20.2 Å². The molecule has 7 nitrogen and oxygen atoms in total. The molecule has 1 aromatic carbocycles. The molecule has 9 heteroatoms. The SMILES string of the molecule is CC(C)(C)c1ccc(S(=O)(=O)Nc2ccsc2C(=O)O)c(C=CC(=O)O)c1. The maximum absolute atomic E-state index is 12.8. The molecule has 3 N–H and O–H groups in total. The third kappa shape index (κ3) is 4.95. The van der Waals surface area contributed by atoms with Gasteiger partial charge in [-0.2, -0.15) is 0 Å². The van der Waals surface area contributed by atoms with Gasteiger partial charge < -0.3 is 10.2 Å². The van der Waals surface area contributed by atoms with Crippen molar-refractivity contribution in [2.75, 3.05) is 4.72 Å². The number of hydrogen-bond donors (Lipinski definition) is 3. The van der Waals surface area contributed by atoms with Crippen molar-refractivity contribution in [2.45, 2.75) is 31.1 Å². The van der Waals surface area contributed by atoms with E-state index in [9.17, 15) is 18.0 Å². The standard InChI is InChI=1S/C18H19NO6S2/c1-18(2,3)12-5-6-14(11(10-12)4-7-15(20)21)27(24,25)19-13-8-9-26-16(13)17(22)23/h4-10,19H,1-3H3,(H,20,21)(H,22,23). The Bertz CT molecular complexity index is 1010. The predicted octanol–water partition coefficient (Wildman–Crippen LogP) is 3.64. The van der Waals surface area contributed by atoms with Crippen LogP contribution in [0.25, 0.3) is 6.08 Å². The monoisotopic (exact) mass is 409 g/mol. The minimum Gasteiger partial charge on any atom is -0.478 e. The Hall–Kier alpha value is -2.65. The summed E-state index contributed by atoms with van der Waals surface area (Å²) in [5.41, 5.74) is 0.712. The Morgan fingerprint density at radius 2 is 1.81 bits per heavy atom. The van der Waals surface area contributed by atoms with Gasteiger partial charge in [0.2, 0.25) is 0 Å². The Balaban J connectivity index is 2.56. The van der Waals surface area contributed by atoms with E-state index in [2.05, 4.69) is 4.72 Å². The zero-order valence-electron chi connectivity index (χ0n) is 14.9. The number of carbonyl (C=O) groups is 2. The quantitative estimate of drug-likeness (QED) is 0.626. The lowest BCUT2D eigenvalue weighted by atomic mass is 9.86. The van der Waals surface area contributed by atoms with Crippen LogP contribution in [0, 0.1) is 0 Å². The lowest BCUT2D eigenvalue weighted by Gasteiger charge is -2.21. The number of benzene rings is 1.